The molecule has 4 nitrogen and oxygen atoms in total. The van der Waals surface area contributed by atoms with Crippen molar-refractivity contribution in [3.63, 3.8) is 0 Å². The lowest BCUT2D eigenvalue weighted by Gasteiger charge is -2.38. The van der Waals surface area contributed by atoms with Crippen LogP contribution in [-0.2, 0) is 11.3 Å². The van der Waals surface area contributed by atoms with Gasteiger partial charge in [-0.1, -0.05) is 42.5 Å². The first-order valence-electron chi connectivity index (χ1n) is 9.57. The van der Waals surface area contributed by atoms with Crippen molar-refractivity contribution < 1.29 is 14.6 Å². The molecule has 0 aromatic heterocycles. The zero-order valence-corrected chi connectivity index (χ0v) is 15.1. The molecule has 1 saturated heterocycles. The van der Waals surface area contributed by atoms with Gasteiger partial charge in [-0.3, -0.25) is 4.90 Å². The molecule has 0 unspecified atom stereocenters. The molecule has 2 aliphatic rings. The number of hydrogen-bond acceptors (Lipinski definition) is 4. The molecule has 1 aliphatic carbocycles. The average molecular weight is 353 g/mol. The monoisotopic (exact) mass is 353 g/mol. The third-order valence-corrected chi connectivity index (χ3v) is 5.21. The molecule has 138 valence electrons. The van der Waals surface area contributed by atoms with Crippen LogP contribution >= 0.6 is 0 Å². The molecule has 0 radical (unpaired) electrons. The highest BCUT2D eigenvalue weighted by molar-refractivity contribution is 5.27. The van der Waals surface area contributed by atoms with Gasteiger partial charge in [-0.25, -0.2) is 0 Å². The number of rotatable bonds is 7. The normalized spacial score (nSPS) is 23.7. The van der Waals surface area contributed by atoms with Crippen molar-refractivity contribution in [2.45, 2.75) is 31.6 Å². The quantitative estimate of drug-likeness (QED) is 0.828. The van der Waals surface area contributed by atoms with Crippen molar-refractivity contribution in [2.24, 2.45) is 5.92 Å². The second-order valence-corrected chi connectivity index (χ2v) is 7.32. The predicted octanol–water partition coefficient (Wildman–Crippen LogP) is 3.41. The van der Waals surface area contributed by atoms with E-state index < -0.39 is 0 Å². The molecule has 26 heavy (non-hydrogen) atoms. The van der Waals surface area contributed by atoms with Crippen LogP contribution in [0.3, 0.4) is 0 Å². The van der Waals surface area contributed by atoms with Crippen LogP contribution in [0.1, 0.15) is 30.1 Å². The smallest absolute Gasteiger partial charge is 0.119 e. The number of aliphatic hydroxyl groups is 1. The number of aliphatic hydroxyl groups excluding tert-OH is 1. The van der Waals surface area contributed by atoms with E-state index in [1.165, 1.54) is 24.0 Å². The predicted molar refractivity (Wildman–Crippen MR) is 101 cm³/mol. The summed E-state index contributed by atoms with van der Waals surface area (Å²) in [6.45, 7) is 3.24. The van der Waals surface area contributed by atoms with Crippen LogP contribution in [0, 0.1) is 5.92 Å². The Bertz CT molecular complexity index is 684. The van der Waals surface area contributed by atoms with E-state index in [1.807, 2.05) is 12.1 Å². The van der Waals surface area contributed by atoms with Crippen LogP contribution in [0.4, 0.5) is 0 Å². The summed E-state index contributed by atoms with van der Waals surface area (Å²) in [5.74, 6) is 1.54. The summed E-state index contributed by atoms with van der Waals surface area (Å²) < 4.78 is 11.9. The summed E-state index contributed by atoms with van der Waals surface area (Å²) in [5.41, 5.74) is 2.56. The van der Waals surface area contributed by atoms with Crippen molar-refractivity contribution >= 4 is 0 Å². The van der Waals surface area contributed by atoms with Crippen molar-refractivity contribution in [1.82, 2.24) is 4.90 Å². The standard InChI is InChI=1S/C22H27NO3/c24-12-13-25-20-10-6-17(7-11-20)14-23-15-21(18-4-2-1-3-5-18)26-22(16-23)19-8-9-19/h1-7,10-11,19,21-22,24H,8-9,12-16H2/t21-,22+/m0/s1. The first-order valence-corrected chi connectivity index (χ1v) is 9.57. The van der Waals surface area contributed by atoms with Crippen LogP contribution in [0.25, 0.3) is 0 Å². The molecule has 1 saturated carbocycles. The summed E-state index contributed by atoms with van der Waals surface area (Å²) in [7, 11) is 0. The third kappa shape index (κ3) is 4.44. The van der Waals surface area contributed by atoms with Gasteiger partial charge in [0.15, 0.2) is 0 Å². The van der Waals surface area contributed by atoms with Gasteiger partial charge in [0.25, 0.3) is 0 Å². The Morgan fingerprint density at radius 2 is 1.77 bits per heavy atom. The van der Waals surface area contributed by atoms with E-state index in [-0.39, 0.29) is 12.7 Å². The lowest BCUT2D eigenvalue weighted by atomic mass is 10.0. The van der Waals surface area contributed by atoms with Gasteiger partial charge in [-0.15, -0.1) is 0 Å². The van der Waals surface area contributed by atoms with Crippen LogP contribution in [0.15, 0.2) is 54.6 Å². The molecule has 0 bridgehead atoms. The highest BCUT2D eigenvalue weighted by Crippen LogP contribution is 2.39. The van der Waals surface area contributed by atoms with E-state index in [1.54, 1.807) is 0 Å². The maximum absolute atomic E-state index is 8.85. The number of hydrogen-bond donors (Lipinski definition) is 1. The summed E-state index contributed by atoms with van der Waals surface area (Å²) in [6, 6.07) is 18.8. The maximum atomic E-state index is 8.85. The Labute approximate surface area is 155 Å². The molecule has 1 heterocycles. The zero-order valence-electron chi connectivity index (χ0n) is 15.1. The molecule has 4 rings (SSSR count). The van der Waals surface area contributed by atoms with E-state index >= 15 is 0 Å². The highest BCUT2D eigenvalue weighted by Gasteiger charge is 2.38. The van der Waals surface area contributed by atoms with Gasteiger partial charge in [0.2, 0.25) is 0 Å². The minimum atomic E-state index is 0.0406. The third-order valence-electron chi connectivity index (χ3n) is 5.21. The molecular formula is C22H27NO3. The fraction of sp³-hybridized carbons (Fsp3) is 0.455. The maximum Gasteiger partial charge on any atom is 0.119 e. The lowest BCUT2D eigenvalue weighted by molar-refractivity contribution is -0.0986. The SMILES string of the molecule is OCCOc1ccc(CN2C[C@@H](c3ccccc3)O[C@@H](C3CC3)C2)cc1. The minimum absolute atomic E-state index is 0.0406. The number of nitrogens with zero attached hydrogens (tertiary/aromatic N) is 1. The topological polar surface area (TPSA) is 41.9 Å². The van der Waals surface area contributed by atoms with Crippen LogP contribution in [0.5, 0.6) is 5.75 Å². The molecule has 2 aromatic carbocycles. The van der Waals surface area contributed by atoms with Crippen molar-refractivity contribution in [1.29, 1.82) is 0 Å². The van der Waals surface area contributed by atoms with Gasteiger partial charge >= 0.3 is 0 Å². The Kier molecular flexibility index (Phi) is 5.54. The summed E-state index contributed by atoms with van der Waals surface area (Å²) in [5, 5.41) is 8.85. The van der Waals surface area contributed by atoms with E-state index in [2.05, 4.69) is 47.4 Å². The van der Waals surface area contributed by atoms with Gasteiger partial charge in [-0.05, 0) is 42.0 Å². The Morgan fingerprint density at radius 3 is 2.46 bits per heavy atom. The van der Waals surface area contributed by atoms with Gasteiger partial charge in [-0.2, -0.15) is 0 Å². The molecule has 2 aromatic rings. The average Bonchev–Trinajstić information content (AvgIpc) is 3.53. The molecule has 4 heteroatoms. The molecular weight excluding hydrogens is 326 g/mol. The van der Waals surface area contributed by atoms with Crippen LogP contribution in [0.2, 0.25) is 0 Å². The summed E-state index contributed by atoms with van der Waals surface area (Å²) in [6.07, 6.45) is 3.11. The summed E-state index contributed by atoms with van der Waals surface area (Å²) in [4.78, 5) is 2.52. The lowest BCUT2D eigenvalue weighted by Crippen LogP contribution is -2.44. The van der Waals surface area contributed by atoms with E-state index in [0.717, 1.165) is 31.3 Å². The molecule has 2 atom stereocenters. The second kappa shape index (κ2) is 8.21. The Hall–Kier alpha value is -1.88. The number of ether oxygens (including phenoxy) is 2. The fourth-order valence-corrected chi connectivity index (χ4v) is 3.68. The second-order valence-electron chi connectivity index (χ2n) is 7.32. The van der Waals surface area contributed by atoms with Gasteiger partial charge in [0.1, 0.15) is 12.4 Å². The first kappa shape index (κ1) is 17.5. The fourth-order valence-electron chi connectivity index (χ4n) is 3.68. The molecule has 0 spiro atoms. The van der Waals surface area contributed by atoms with E-state index in [0.29, 0.717) is 12.7 Å². The van der Waals surface area contributed by atoms with E-state index in [4.69, 9.17) is 14.6 Å². The Balaban J connectivity index is 1.42. The molecule has 0 amide bonds. The van der Waals surface area contributed by atoms with E-state index in [9.17, 15) is 0 Å². The minimum Gasteiger partial charge on any atom is -0.491 e. The summed E-state index contributed by atoms with van der Waals surface area (Å²) >= 11 is 0. The largest absolute Gasteiger partial charge is 0.491 e. The van der Waals surface area contributed by atoms with Gasteiger partial charge in [0, 0.05) is 19.6 Å². The van der Waals surface area contributed by atoms with Crippen LogP contribution < -0.4 is 4.74 Å². The van der Waals surface area contributed by atoms with Crippen LogP contribution in [-0.4, -0.2) is 42.4 Å². The Morgan fingerprint density at radius 1 is 1.00 bits per heavy atom. The van der Waals surface area contributed by atoms with Crippen molar-refractivity contribution in [2.75, 3.05) is 26.3 Å². The van der Waals surface area contributed by atoms with Gasteiger partial charge < -0.3 is 14.6 Å². The number of benzene rings is 2. The molecule has 1 N–H and O–H groups in total. The van der Waals surface area contributed by atoms with Gasteiger partial charge in [0.05, 0.1) is 18.8 Å². The number of morpholine rings is 1. The molecule has 1 aliphatic heterocycles. The van der Waals surface area contributed by atoms with Crippen molar-refractivity contribution in [3.05, 3.63) is 65.7 Å². The highest BCUT2D eigenvalue weighted by atomic mass is 16.5. The molecule has 2 fully saturated rings. The first-order chi connectivity index (χ1) is 12.8. The van der Waals surface area contributed by atoms with Crippen molar-refractivity contribution in [3.8, 4) is 5.75 Å². The zero-order chi connectivity index (χ0) is 17.8.